The number of benzene rings is 2. The molecule has 0 saturated carbocycles. The van der Waals surface area contributed by atoms with Crippen LogP contribution in [-0.4, -0.2) is 56.8 Å². The van der Waals surface area contributed by atoms with Crippen LogP contribution in [-0.2, 0) is 11.3 Å². The van der Waals surface area contributed by atoms with E-state index in [2.05, 4.69) is 15.6 Å². The van der Waals surface area contributed by atoms with Gasteiger partial charge in [-0.2, -0.15) is 0 Å². The van der Waals surface area contributed by atoms with Gasteiger partial charge in [0.15, 0.2) is 11.6 Å². The van der Waals surface area contributed by atoms with Crippen molar-refractivity contribution in [2.75, 3.05) is 31.4 Å². The number of amides is 1. The van der Waals surface area contributed by atoms with Gasteiger partial charge in [0, 0.05) is 37.3 Å². The summed E-state index contributed by atoms with van der Waals surface area (Å²) in [6, 6.07) is 9.37. The molecule has 0 fully saturated rings. The maximum absolute atomic E-state index is 15.2. The average Bonchev–Trinajstić information content (AvgIpc) is 2.96. The highest BCUT2D eigenvalue weighted by molar-refractivity contribution is 6.04. The van der Waals surface area contributed by atoms with E-state index in [4.69, 9.17) is 20.6 Å². The van der Waals surface area contributed by atoms with Crippen molar-refractivity contribution in [3.05, 3.63) is 105 Å². The molecule has 0 radical (unpaired) electrons. The summed E-state index contributed by atoms with van der Waals surface area (Å²) in [5, 5.41) is 23.3. The molecule has 2 aromatic heterocycles. The summed E-state index contributed by atoms with van der Waals surface area (Å²) in [4.78, 5) is 43.3. The second-order valence-corrected chi connectivity index (χ2v) is 10.4. The average molecular weight is 624 g/mol. The molecule has 45 heavy (non-hydrogen) atoms. The Morgan fingerprint density at radius 1 is 1.11 bits per heavy atom. The number of nitrogen functional groups attached to an aromatic ring is 1. The number of anilines is 2. The van der Waals surface area contributed by atoms with Crippen molar-refractivity contribution in [1.82, 2.24) is 19.4 Å². The molecule has 13 nitrogen and oxygen atoms in total. The van der Waals surface area contributed by atoms with Gasteiger partial charge in [-0.25, -0.2) is 23.1 Å². The fourth-order valence-electron chi connectivity index (χ4n) is 4.42. The molecule has 15 heteroatoms. The van der Waals surface area contributed by atoms with Crippen molar-refractivity contribution in [3.8, 4) is 17.2 Å². The molecule has 2 aromatic carbocycles. The van der Waals surface area contributed by atoms with Gasteiger partial charge < -0.3 is 30.9 Å². The van der Waals surface area contributed by atoms with Gasteiger partial charge in [-0.15, -0.1) is 0 Å². The predicted octanol–water partition coefficient (Wildman–Crippen LogP) is 2.63. The lowest BCUT2D eigenvalue weighted by atomic mass is 10.1. The number of aliphatic hydroxyl groups excluding tert-OH is 1. The third-order valence-electron chi connectivity index (χ3n) is 6.40. The second kappa shape index (κ2) is 13.5. The van der Waals surface area contributed by atoms with E-state index in [1.807, 2.05) is 13.8 Å². The summed E-state index contributed by atoms with van der Waals surface area (Å²) < 4.78 is 41.2. The van der Waals surface area contributed by atoms with Gasteiger partial charge in [-0.3, -0.25) is 19.6 Å². The fraction of sp³-hybridized carbons (Fsp3) is 0.233. The molecule has 236 valence electrons. The van der Waals surface area contributed by atoms with Crippen molar-refractivity contribution in [3.63, 3.8) is 0 Å². The zero-order chi connectivity index (χ0) is 32.9. The molecule has 4 aromatic rings. The second-order valence-electron chi connectivity index (χ2n) is 10.4. The molecule has 0 aliphatic carbocycles. The summed E-state index contributed by atoms with van der Waals surface area (Å²) in [5.74, 6) is -2.86. The van der Waals surface area contributed by atoms with Gasteiger partial charge >= 0.3 is 5.69 Å². The van der Waals surface area contributed by atoms with Crippen LogP contribution in [0.1, 0.15) is 29.8 Å². The Bertz CT molecular complexity index is 1860. The third-order valence-corrected chi connectivity index (χ3v) is 6.40. The number of nitrogens with two attached hydrogens (primary N) is 1. The number of methoxy groups -OCH3 is 1. The lowest BCUT2D eigenvalue weighted by Crippen LogP contribution is -2.47. The minimum absolute atomic E-state index is 0.00180. The van der Waals surface area contributed by atoms with E-state index in [0.29, 0.717) is 4.57 Å². The Kier molecular flexibility index (Phi) is 9.74. The van der Waals surface area contributed by atoms with Crippen LogP contribution in [0.5, 0.6) is 11.5 Å². The molecule has 4 rings (SSSR count). The number of pyridine rings is 1. The molecule has 6 N–H and O–H groups in total. The van der Waals surface area contributed by atoms with Crippen LogP contribution >= 0.6 is 0 Å². The predicted molar refractivity (Wildman–Crippen MR) is 162 cm³/mol. The first-order chi connectivity index (χ1) is 21.3. The van der Waals surface area contributed by atoms with E-state index in [0.717, 1.165) is 29.0 Å². The number of ether oxygens (including phenoxy) is 2. The number of rotatable bonds is 11. The number of aromatic nitrogens is 3. The quantitative estimate of drug-likeness (QED) is 0.124. The maximum atomic E-state index is 15.2. The Morgan fingerprint density at radius 3 is 2.47 bits per heavy atom. The van der Waals surface area contributed by atoms with Crippen LogP contribution in [0.3, 0.4) is 0 Å². The first-order valence-corrected chi connectivity index (χ1v) is 13.5. The van der Waals surface area contributed by atoms with Crippen LogP contribution in [0.2, 0.25) is 0 Å². The van der Waals surface area contributed by atoms with E-state index in [-0.39, 0.29) is 53.2 Å². The van der Waals surface area contributed by atoms with Crippen molar-refractivity contribution in [2.45, 2.75) is 25.9 Å². The molecule has 1 amide bonds. The van der Waals surface area contributed by atoms with E-state index < -0.39 is 46.5 Å². The maximum Gasteiger partial charge on any atom is 0.335 e. The lowest BCUT2D eigenvalue weighted by Gasteiger charge is -2.27. The van der Waals surface area contributed by atoms with Crippen LogP contribution in [0.4, 0.5) is 20.3 Å². The SMILES string of the molecule is COCC(C)(C)NC(=N)c1c(Oc2ccc(NC(=O)c3cn(CCO)c(=O)n(-c4ccc(F)cc4)c3=O)cc2F)ccnc1N. The van der Waals surface area contributed by atoms with Gasteiger partial charge in [0.05, 0.1) is 31.0 Å². The monoisotopic (exact) mass is 623 g/mol. The zero-order valence-electron chi connectivity index (χ0n) is 24.6. The van der Waals surface area contributed by atoms with Crippen molar-refractivity contribution < 1.29 is 28.2 Å². The molecular formula is C30H31F2N7O6. The van der Waals surface area contributed by atoms with Gasteiger partial charge in [-0.05, 0) is 50.2 Å². The van der Waals surface area contributed by atoms with Crippen LogP contribution < -0.4 is 32.4 Å². The van der Waals surface area contributed by atoms with Gasteiger partial charge in [0.1, 0.15) is 34.3 Å². The van der Waals surface area contributed by atoms with Crippen LogP contribution in [0.25, 0.3) is 5.69 Å². The number of hydrogen-bond donors (Lipinski definition) is 5. The molecule has 0 aliphatic heterocycles. The van der Waals surface area contributed by atoms with Crippen molar-refractivity contribution in [1.29, 1.82) is 5.41 Å². The summed E-state index contributed by atoms with van der Waals surface area (Å²) in [5.41, 5.74) is 3.06. The van der Waals surface area contributed by atoms with E-state index >= 15 is 4.39 Å². The number of aliphatic hydroxyl groups is 1. The Balaban J connectivity index is 1.61. The third kappa shape index (κ3) is 7.39. The highest BCUT2D eigenvalue weighted by Gasteiger charge is 2.24. The number of hydrogen-bond acceptors (Lipinski definition) is 9. The Labute approximate surface area is 255 Å². The Morgan fingerprint density at radius 2 is 1.82 bits per heavy atom. The standard InChI is InChI=1S/C30H31F2N7O6/c1-30(2,16-44-3)37-26(34)24-23(10-11-35-25(24)33)45-22-9-6-18(14-21(22)32)36-27(41)20-15-38(12-13-40)29(43)39(28(20)42)19-7-4-17(31)5-8-19/h4-11,14-15,40H,12-13,16H2,1-3H3,(H2,33,35)(H2,34,37)(H,36,41). The minimum Gasteiger partial charge on any atom is -0.453 e. The number of nitrogens with zero attached hydrogens (tertiary/aromatic N) is 3. The first-order valence-electron chi connectivity index (χ1n) is 13.5. The number of halogens is 2. The van der Waals surface area contributed by atoms with Crippen molar-refractivity contribution >= 4 is 23.2 Å². The van der Waals surface area contributed by atoms with E-state index in [9.17, 15) is 23.9 Å². The fourth-order valence-corrected chi connectivity index (χ4v) is 4.42. The summed E-state index contributed by atoms with van der Waals surface area (Å²) >= 11 is 0. The zero-order valence-corrected chi connectivity index (χ0v) is 24.6. The molecular weight excluding hydrogens is 592 g/mol. The summed E-state index contributed by atoms with van der Waals surface area (Å²) in [6.07, 6.45) is 2.32. The van der Waals surface area contributed by atoms with Gasteiger partial charge in [0.25, 0.3) is 11.5 Å². The van der Waals surface area contributed by atoms with Gasteiger partial charge in [0.2, 0.25) is 0 Å². The molecule has 0 bridgehead atoms. The van der Waals surface area contributed by atoms with Crippen molar-refractivity contribution in [2.24, 2.45) is 0 Å². The highest BCUT2D eigenvalue weighted by atomic mass is 19.1. The van der Waals surface area contributed by atoms with E-state index in [1.54, 1.807) is 0 Å². The van der Waals surface area contributed by atoms with Gasteiger partial charge in [-0.1, -0.05) is 0 Å². The molecule has 0 aliphatic rings. The number of carbonyl (C=O) groups excluding carboxylic acids is 1. The summed E-state index contributed by atoms with van der Waals surface area (Å²) in [7, 11) is 1.52. The first kappa shape index (κ1) is 32.5. The summed E-state index contributed by atoms with van der Waals surface area (Å²) in [6.45, 7) is 3.18. The molecule has 0 spiro atoms. The topological polar surface area (TPSA) is 187 Å². The molecule has 0 unspecified atom stereocenters. The molecule has 0 atom stereocenters. The normalized spacial score (nSPS) is 11.2. The largest absolute Gasteiger partial charge is 0.453 e. The Hall–Kier alpha value is -5.41. The van der Waals surface area contributed by atoms with E-state index in [1.165, 1.54) is 43.6 Å². The number of amidine groups is 1. The van der Waals surface area contributed by atoms with Crippen LogP contribution in [0, 0.1) is 17.0 Å². The number of nitrogens with one attached hydrogen (secondary N) is 3. The molecule has 2 heterocycles. The van der Waals surface area contributed by atoms with Crippen LogP contribution in [0.15, 0.2) is 70.5 Å². The minimum atomic E-state index is -1.01. The highest BCUT2D eigenvalue weighted by Crippen LogP contribution is 2.31. The molecule has 0 saturated heterocycles. The smallest absolute Gasteiger partial charge is 0.335 e. The number of carbonyl (C=O) groups is 1. The lowest BCUT2D eigenvalue weighted by molar-refractivity contribution is 0.102.